The smallest absolute Gasteiger partial charge is 0.244 e. The molecule has 2 aromatic carbocycles. The average Bonchev–Trinajstić information content (AvgIpc) is 2.78. The van der Waals surface area contributed by atoms with E-state index in [-0.39, 0.29) is 12.5 Å². The van der Waals surface area contributed by atoms with Crippen LogP contribution in [0.4, 0.5) is 5.69 Å². The number of anilines is 1. The van der Waals surface area contributed by atoms with Gasteiger partial charge in [-0.15, -0.1) is 0 Å². The molecule has 2 rings (SSSR count). The normalized spacial score (nSPS) is 12.0. The summed E-state index contributed by atoms with van der Waals surface area (Å²) in [5.41, 5.74) is 1.10. The van der Waals surface area contributed by atoms with E-state index in [1.807, 2.05) is 13.0 Å². The summed E-state index contributed by atoms with van der Waals surface area (Å²) in [5.74, 6) is -0.188. The maximum Gasteiger partial charge on any atom is 0.244 e. The SMILES string of the molecule is CCCNC(=O)C(C)N(Cc1cccc(OC)c1)C(=O)CN(c1ccccc1Br)S(C)(=O)=O. The van der Waals surface area contributed by atoms with Crippen LogP contribution in [0.25, 0.3) is 0 Å². The maximum atomic E-state index is 13.5. The highest BCUT2D eigenvalue weighted by atomic mass is 79.9. The van der Waals surface area contributed by atoms with E-state index in [0.717, 1.165) is 22.5 Å². The highest BCUT2D eigenvalue weighted by Crippen LogP contribution is 2.28. The van der Waals surface area contributed by atoms with Gasteiger partial charge in [-0.05, 0) is 59.1 Å². The summed E-state index contributed by atoms with van der Waals surface area (Å²) in [6, 6.07) is 13.1. The lowest BCUT2D eigenvalue weighted by molar-refractivity contribution is -0.139. The number of ether oxygens (including phenoxy) is 1. The van der Waals surface area contributed by atoms with Gasteiger partial charge in [0.25, 0.3) is 0 Å². The summed E-state index contributed by atoms with van der Waals surface area (Å²) in [5, 5.41) is 2.80. The number of sulfonamides is 1. The largest absolute Gasteiger partial charge is 0.497 e. The highest BCUT2D eigenvalue weighted by molar-refractivity contribution is 9.10. The molecule has 0 fully saturated rings. The molecular formula is C23H30BrN3O5S. The number of hydrogen-bond acceptors (Lipinski definition) is 5. The molecular weight excluding hydrogens is 510 g/mol. The number of benzene rings is 2. The van der Waals surface area contributed by atoms with Crippen LogP contribution in [0.3, 0.4) is 0 Å². The molecule has 0 saturated carbocycles. The summed E-state index contributed by atoms with van der Waals surface area (Å²) in [6.45, 7) is 3.72. The molecule has 33 heavy (non-hydrogen) atoms. The summed E-state index contributed by atoms with van der Waals surface area (Å²) in [4.78, 5) is 27.5. The highest BCUT2D eigenvalue weighted by Gasteiger charge is 2.30. The molecule has 0 radical (unpaired) electrons. The third-order valence-electron chi connectivity index (χ3n) is 5.00. The zero-order valence-corrected chi connectivity index (χ0v) is 21.6. The Morgan fingerprint density at radius 3 is 2.45 bits per heavy atom. The molecule has 1 atom stereocenters. The van der Waals surface area contributed by atoms with Gasteiger partial charge in [-0.1, -0.05) is 31.2 Å². The molecule has 0 aliphatic carbocycles. The van der Waals surface area contributed by atoms with Crippen molar-refractivity contribution >= 4 is 43.5 Å². The van der Waals surface area contributed by atoms with Crippen molar-refractivity contribution in [1.82, 2.24) is 10.2 Å². The predicted octanol–water partition coefficient (Wildman–Crippen LogP) is 3.17. The number of nitrogens with zero attached hydrogens (tertiary/aromatic N) is 2. The Morgan fingerprint density at radius 1 is 1.15 bits per heavy atom. The first-order valence-electron chi connectivity index (χ1n) is 10.5. The minimum absolute atomic E-state index is 0.115. The lowest BCUT2D eigenvalue weighted by Crippen LogP contribution is -2.51. The number of nitrogens with one attached hydrogen (secondary N) is 1. The van der Waals surface area contributed by atoms with Crippen LogP contribution in [-0.2, 0) is 26.2 Å². The van der Waals surface area contributed by atoms with Crippen LogP contribution < -0.4 is 14.4 Å². The molecule has 0 spiro atoms. The summed E-state index contributed by atoms with van der Waals surface area (Å²) in [7, 11) is -2.23. The van der Waals surface area contributed by atoms with Crippen LogP contribution in [0.15, 0.2) is 53.0 Å². The van der Waals surface area contributed by atoms with Crippen molar-refractivity contribution in [2.24, 2.45) is 0 Å². The second-order valence-electron chi connectivity index (χ2n) is 7.56. The number of rotatable bonds is 11. The van der Waals surface area contributed by atoms with E-state index in [1.54, 1.807) is 56.5 Å². The second-order valence-corrected chi connectivity index (χ2v) is 10.3. The van der Waals surface area contributed by atoms with E-state index in [9.17, 15) is 18.0 Å². The average molecular weight is 540 g/mol. The summed E-state index contributed by atoms with van der Waals surface area (Å²) >= 11 is 3.36. The standard InChI is InChI=1S/C23H30BrN3O5S/c1-5-13-25-23(29)17(2)26(15-18-9-8-10-19(14-18)32-3)22(28)16-27(33(4,30)31)21-12-7-6-11-20(21)24/h6-12,14,17H,5,13,15-16H2,1-4H3,(H,25,29). The maximum absolute atomic E-state index is 13.5. The van der Waals surface area contributed by atoms with Crippen molar-refractivity contribution in [2.75, 3.05) is 30.8 Å². The molecule has 180 valence electrons. The van der Waals surface area contributed by atoms with Crippen LogP contribution in [0.5, 0.6) is 5.75 Å². The lowest BCUT2D eigenvalue weighted by Gasteiger charge is -2.31. The molecule has 1 unspecified atom stereocenters. The third-order valence-corrected chi connectivity index (χ3v) is 6.80. The molecule has 1 N–H and O–H groups in total. The molecule has 0 heterocycles. The number of halogens is 1. The van der Waals surface area contributed by atoms with Crippen molar-refractivity contribution in [3.63, 3.8) is 0 Å². The molecule has 0 aliphatic rings. The van der Waals surface area contributed by atoms with Gasteiger partial charge in [0.15, 0.2) is 0 Å². The Kier molecular flexibility index (Phi) is 9.72. The van der Waals surface area contributed by atoms with Crippen molar-refractivity contribution in [3.05, 3.63) is 58.6 Å². The second kappa shape index (κ2) is 12.0. The summed E-state index contributed by atoms with van der Waals surface area (Å²) < 4.78 is 32.0. The Balaban J connectivity index is 2.39. The molecule has 8 nitrogen and oxygen atoms in total. The van der Waals surface area contributed by atoms with Gasteiger partial charge >= 0.3 is 0 Å². The van der Waals surface area contributed by atoms with Gasteiger partial charge in [-0.2, -0.15) is 0 Å². The predicted molar refractivity (Wildman–Crippen MR) is 133 cm³/mol. The third kappa shape index (κ3) is 7.46. The molecule has 0 aliphatic heterocycles. The van der Waals surface area contributed by atoms with Gasteiger partial charge < -0.3 is 15.0 Å². The van der Waals surface area contributed by atoms with Gasteiger partial charge in [0.05, 0.1) is 19.1 Å². The van der Waals surface area contributed by atoms with Crippen LogP contribution in [-0.4, -0.2) is 57.6 Å². The number of carbonyl (C=O) groups excluding carboxylic acids is 2. The van der Waals surface area contributed by atoms with Crippen molar-refractivity contribution in [1.29, 1.82) is 0 Å². The van der Waals surface area contributed by atoms with Gasteiger partial charge in [-0.25, -0.2) is 8.42 Å². The Hall–Kier alpha value is -2.59. The molecule has 0 saturated heterocycles. The number of methoxy groups -OCH3 is 1. The monoisotopic (exact) mass is 539 g/mol. The number of hydrogen-bond donors (Lipinski definition) is 1. The first kappa shape index (κ1) is 26.7. The fourth-order valence-corrected chi connectivity index (χ4v) is 4.67. The van der Waals surface area contributed by atoms with Gasteiger partial charge in [0, 0.05) is 17.6 Å². The molecule has 10 heteroatoms. The first-order chi connectivity index (χ1) is 15.6. The Labute approximate surface area is 204 Å². The van der Waals surface area contributed by atoms with Gasteiger partial charge in [-0.3, -0.25) is 13.9 Å². The molecule has 0 aromatic heterocycles. The van der Waals surface area contributed by atoms with Crippen LogP contribution >= 0.6 is 15.9 Å². The number of para-hydroxylation sites is 1. The minimum Gasteiger partial charge on any atom is -0.497 e. The number of carbonyl (C=O) groups is 2. The molecule has 2 aromatic rings. The summed E-state index contributed by atoms with van der Waals surface area (Å²) in [6.07, 6.45) is 1.80. The zero-order valence-electron chi connectivity index (χ0n) is 19.2. The van der Waals surface area contributed by atoms with E-state index in [1.165, 1.54) is 4.90 Å². The lowest BCUT2D eigenvalue weighted by atomic mass is 10.1. The van der Waals surface area contributed by atoms with Gasteiger partial charge in [0.2, 0.25) is 21.8 Å². The topological polar surface area (TPSA) is 96.0 Å². The molecule has 2 amide bonds. The van der Waals surface area contributed by atoms with Crippen molar-refractivity contribution in [3.8, 4) is 5.75 Å². The van der Waals surface area contributed by atoms with E-state index in [2.05, 4.69) is 21.2 Å². The fraction of sp³-hybridized carbons (Fsp3) is 0.391. The fourth-order valence-electron chi connectivity index (χ4n) is 3.19. The first-order valence-corrected chi connectivity index (χ1v) is 13.1. The van der Waals surface area contributed by atoms with E-state index in [0.29, 0.717) is 22.5 Å². The van der Waals surface area contributed by atoms with Crippen LogP contribution in [0.2, 0.25) is 0 Å². The van der Waals surface area contributed by atoms with Crippen LogP contribution in [0.1, 0.15) is 25.8 Å². The van der Waals surface area contributed by atoms with E-state index >= 15 is 0 Å². The quantitative estimate of drug-likeness (QED) is 0.473. The number of amides is 2. The zero-order chi connectivity index (χ0) is 24.6. The van der Waals surface area contributed by atoms with Crippen molar-refractivity contribution < 1.29 is 22.7 Å². The minimum atomic E-state index is -3.78. The van der Waals surface area contributed by atoms with Crippen LogP contribution in [0, 0.1) is 0 Å². The Morgan fingerprint density at radius 2 is 1.85 bits per heavy atom. The van der Waals surface area contributed by atoms with E-state index in [4.69, 9.17) is 4.74 Å². The molecule has 0 bridgehead atoms. The Bertz CT molecular complexity index is 1080. The van der Waals surface area contributed by atoms with Crippen molar-refractivity contribution in [2.45, 2.75) is 32.9 Å². The van der Waals surface area contributed by atoms with Gasteiger partial charge in [0.1, 0.15) is 18.3 Å². The van der Waals surface area contributed by atoms with E-state index < -0.39 is 28.5 Å².